The van der Waals surface area contributed by atoms with E-state index in [-0.39, 0.29) is 0 Å². The molecule has 6 rings (SSSR count). The lowest BCUT2D eigenvalue weighted by atomic mass is 9.81. The first-order valence-electron chi connectivity index (χ1n) is 12.3. The van der Waals surface area contributed by atoms with Crippen LogP contribution in [-0.2, 0) is 13.1 Å². The van der Waals surface area contributed by atoms with Gasteiger partial charge in [-0.2, -0.15) is 0 Å². The quantitative estimate of drug-likeness (QED) is 0.386. The molecule has 172 valence electrons. The zero-order valence-electron chi connectivity index (χ0n) is 19.3. The Kier molecular flexibility index (Phi) is 5.33. The van der Waals surface area contributed by atoms with E-state index in [1.54, 1.807) is 6.07 Å². The summed E-state index contributed by atoms with van der Waals surface area (Å²) in [6.45, 7) is 2.50. The van der Waals surface area contributed by atoms with Gasteiger partial charge in [-0.25, -0.2) is 4.79 Å². The molecule has 1 fully saturated rings. The van der Waals surface area contributed by atoms with Crippen LogP contribution in [-0.4, -0.2) is 27.2 Å². The van der Waals surface area contributed by atoms with Gasteiger partial charge >= 0.3 is 5.97 Å². The number of benzene rings is 2. The molecule has 2 aromatic carbocycles. The summed E-state index contributed by atoms with van der Waals surface area (Å²) in [7, 11) is 0. The Morgan fingerprint density at radius 2 is 1.76 bits per heavy atom. The van der Waals surface area contributed by atoms with Gasteiger partial charge in [-0.05, 0) is 60.2 Å². The fourth-order valence-corrected chi connectivity index (χ4v) is 6.00. The summed E-state index contributed by atoms with van der Waals surface area (Å²) in [5.74, 6) is -0.354. The van der Waals surface area contributed by atoms with Crippen molar-refractivity contribution in [3.63, 3.8) is 0 Å². The molecule has 5 heteroatoms. The topological polar surface area (TPSA) is 58.4 Å². The van der Waals surface area contributed by atoms with Crippen LogP contribution in [0.25, 0.3) is 22.2 Å². The minimum absolute atomic E-state index is 0.356. The molecule has 0 amide bonds. The summed E-state index contributed by atoms with van der Waals surface area (Å²) in [4.78, 5) is 18.4. The molecule has 1 N–H and O–H groups in total. The van der Waals surface area contributed by atoms with E-state index < -0.39 is 5.97 Å². The molecule has 2 aromatic heterocycles. The molecule has 1 aliphatic heterocycles. The molecule has 0 unspecified atom stereocenters. The monoisotopic (exact) mass is 451 g/mol. The number of pyridine rings is 1. The molecular formula is C29H29N3O2. The highest BCUT2D eigenvalue weighted by Crippen LogP contribution is 2.47. The first-order chi connectivity index (χ1) is 16.7. The number of anilines is 1. The van der Waals surface area contributed by atoms with Gasteiger partial charge < -0.3 is 14.6 Å². The van der Waals surface area contributed by atoms with Crippen LogP contribution in [0.4, 0.5) is 5.69 Å². The number of rotatable bonds is 4. The molecule has 5 nitrogen and oxygen atoms in total. The van der Waals surface area contributed by atoms with Crippen LogP contribution in [0, 0.1) is 0 Å². The van der Waals surface area contributed by atoms with Crippen molar-refractivity contribution in [2.75, 3.05) is 11.4 Å². The van der Waals surface area contributed by atoms with E-state index in [0.717, 1.165) is 25.2 Å². The summed E-state index contributed by atoms with van der Waals surface area (Å²) in [6, 6.07) is 18.6. The number of carboxylic acids is 1. The number of para-hydroxylation sites is 1. The van der Waals surface area contributed by atoms with Crippen molar-refractivity contribution in [2.45, 2.75) is 51.1 Å². The predicted octanol–water partition coefficient (Wildman–Crippen LogP) is 6.47. The largest absolute Gasteiger partial charge is 0.478 e. The summed E-state index contributed by atoms with van der Waals surface area (Å²) < 4.78 is 2.40. The molecule has 1 aliphatic carbocycles. The number of aromatic nitrogens is 2. The standard InChI is InChI=1S/C29H29N3O2/c33-29(34)22-10-11-23-26(18-22)32-17-16-31(19-20-12-14-30-15-13-20)25-9-5-4-8-24(25)28(32)27(23)21-6-2-1-3-7-21/h4-5,8-15,18,21H,1-3,6-7,16-17,19H2,(H,33,34). The second kappa shape index (κ2) is 8.64. The molecule has 0 saturated heterocycles. The molecule has 0 bridgehead atoms. The molecule has 0 atom stereocenters. The van der Waals surface area contributed by atoms with E-state index in [1.807, 2.05) is 18.5 Å². The Balaban J connectivity index is 1.57. The Morgan fingerprint density at radius 1 is 0.971 bits per heavy atom. The van der Waals surface area contributed by atoms with Crippen molar-refractivity contribution in [3.05, 3.63) is 83.7 Å². The highest BCUT2D eigenvalue weighted by molar-refractivity contribution is 5.99. The third kappa shape index (κ3) is 3.56. The minimum atomic E-state index is -0.870. The maximum Gasteiger partial charge on any atom is 0.335 e. The lowest BCUT2D eigenvalue weighted by Gasteiger charge is -2.26. The maximum absolute atomic E-state index is 11.8. The molecule has 34 heavy (non-hydrogen) atoms. The van der Waals surface area contributed by atoms with E-state index in [9.17, 15) is 9.90 Å². The van der Waals surface area contributed by atoms with Gasteiger partial charge in [0.15, 0.2) is 0 Å². The number of hydrogen-bond acceptors (Lipinski definition) is 3. The van der Waals surface area contributed by atoms with Crippen LogP contribution in [0.3, 0.4) is 0 Å². The van der Waals surface area contributed by atoms with Crippen molar-refractivity contribution in [1.82, 2.24) is 9.55 Å². The van der Waals surface area contributed by atoms with Gasteiger partial charge in [0.05, 0.1) is 11.3 Å². The van der Waals surface area contributed by atoms with Crippen molar-refractivity contribution in [2.24, 2.45) is 0 Å². The van der Waals surface area contributed by atoms with Gasteiger partial charge in [0, 0.05) is 54.2 Å². The number of hydrogen-bond donors (Lipinski definition) is 1. The highest BCUT2D eigenvalue weighted by atomic mass is 16.4. The van der Waals surface area contributed by atoms with Crippen LogP contribution in [0.15, 0.2) is 67.0 Å². The minimum Gasteiger partial charge on any atom is -0.478 e. The number of carbonyl (C=O) groups is 1. The Bertz CT molecular complexity index is 1350. The third-order valence-electron chi connectivity index (χ3n) is 7.58. The summed E-state index contributed by atoms with van der Waals surface area (Å²) >= 11 is 0. The average Bonchev–Trinajstić information content (AvgIpc) is 3.12. The zero-order valence-corrected chi connectivity index (χ0v) is 19.3. The Hall–Kier alpha value is -3.60. The van der Waals surface area contributed by atoms with Crippen LogP contribution in [0.2, 0.25) is 0 Å². The number of fused-ring (bicyclic) bond motifs is 5. The first kappa shape index (κ1) is 21.0. The fraction of sp³-hybridized carbons (Fsp3) is 0.310. The molecule has 3 heterocycles. The summed E-state index contributed by atoms with van der Waals surface area (Å²) in [6.07, 6.45) is 9.95. The normalized spacial score (nSPS) is 16.2. The molecule has 0 spiro atoms. The van der Waals surface area contributed by atoms with E-state index in [2.05, 4.69) is 56.9 Å². The van der Waals surface area contributed by atoms with Gasteiger partial charge in [-0.3, -0.25) is 4.98 Å². The van der Waals surface area contributed by atoms with Crippen molar-refractivity contribution >= 4 is 22.6 Å². The lowest BCUT2D eigenvalue weighted by molar-refractivity contribution is 0.0697. The van der Waals surface area contributed by atoms with E-state index in [4.69, 9.17) is 0 Å². The van der Waals surface area contributed by atoms with Crippen molar-refractivity contribution in [1.29, 1.82) is 0 Å². The van der Waals surface area contributed by atoms with Gasteiger partial charge in [0.25, 0.3) is 0 Å². The van der Waals surface area contributed by atoms with E-state index >= 15 is 0 Å². The Morgan fingerprint density at radius 3 is 2.56 bits per heavy atom. The summed E-state index contributed by atoms with van der Waals surface area (Å²) in [5, 5.41) is 10.9. The van der Waals surface area contributed by atoms with Crippen LogP contribution in [0.5, 0.6) is 0 Å². The molecule has 4 aromatic rings. The van der Waals surface area contributed by atoms with Crippen LogP contribution < -0.4 is 4.90 Å². The van der Waals surface area contributed by atoms with Crippen LogP contribution in [0.1, 0.15) is 59.5 Å². The number of carboxylic acid groups (broad SMARTS) is 1. The highest BCUT2D eigenvalue weighted by Gasteiger charge is 2.30. The smallest absolute Gasteiger partial charge is 0.335 e. The van der Waals surface area contributed by atoms with E-state index in [0.29, 0.717) is 11.5 Å². The maximum atomic E-state index is 11.8. The molecular weight excluding hydrogens is 422 g/mol. The van der Waals surface area contributed by atoms with Gasteiger partial charge in [-0.1, -0.05) is 43.5 Å². The van der Waals surface area contributed by atoms with Crippen molar-refractivity contribution in [3.8, 4) is 11.3 Å². The van der Waals surface area contributed by atoms with Crippen LogP contribution >= 0.6 is 0 Å². The molecule has 1 saturated carbocycles. The zero-order chi connectivity index (χ0) is 23.1. The number of aromatic carboxylic acids is 1. The van der Waals surface area contributed by atoms with Crippen molar-refractivity contribution < 1.29 is 9.90 Å². The van der Waals surface area contributed by atoms with Gasteiger partial charge in [0.2, 0.25) is 0 Å². The lowest BCUT2D eigenvalue weighted by Crippen LogP contribution is -2.25. The molecule has 0 radical (unpaired) electrons. The average molecular weight is 452 g/mol. The Labute approximate surface area is 199 Å². The number of nitrogens with zero attached hydrogens (tertiary/aromatic N) is 3. The second-order valence-corrected chi connectivity index (χ2v) is 9.58. The molecule has 2 aliphatic rings. The van der Waals surface area contributed by atoms with Gasteiger partial charge in [-0.15, -0.1) is 0 Å². The third-order valence-corrected chi connectivity index (χ3v) is 7.58. The summed E-state index contributed by atoms with van der Waals surface area (Å²) in [5.41, 5.74) is 7.85. The van der Waals surface area contributed by atoms with Gasteiger partial charge in [0.1, 0.15) is 0 Å². The van der Waals surface area contributed by atoms with E-state index in [1.165, 1.54) is 65.6 Å². The SMILES string of the molecule is O=C(O)c1ccc2c(C3CCCCC3)c3n(c2c1)CCN(Cc1ccncc1)c1ccccc1-3. The predicted molar refractivity (Wildman–Crippen MR) is 135 cm³/mol. The fourth-order valence-electron chi connectivity index (χ4n) is 6.00. The first-order valence-corrected chi connectivity index (χ1v) is 12.3. The second-order valence-electron chi connectivity index (χ2n) is 9.58.